The number of benzene rings is 2. The summed E-state index contributed by atoms with van der Waals surface area (Å²) in [5.74, 6) is -0.446. The molecule has 0 spiro atoms. The molecule has 2 aromatic carbocycles. The van der Waals surface area contributed by atoms with E-state index in [1.807, 2.05) is 4.90 Å². The van der Waals surface area contributed by atoms with Gasteiger partial charge < -0.3 is 4.90 Å². The molecule has 2 amide bonds. The normalized spacial score (nSPS) is 13.5. The van der Waals surface area contributed by atoms with Crippen LogP contribution >= 0.6 is 46.1 Å². The monoisotopic (exact) mass is 479 g/mol. The Morgan fingerprint density at radius 1 is 0.967 bits per heavy atom. The van der Waals surface area contributed by atoms with Crippen molar-refractivity contribution in [3.63, 3.8) is 0 Å². The summed E-state index contributed by atoms with van der Waals surface area (Å²) < 4.78 is 0. The highest BCUT2D eigenvalue weighted by molar-refractivity contribution is 7.17. The molecule has 0 aliphatic carbocycles. The van der Waals surface area contributed by atoms with Crippen molar-refractivity contribution < 1.29 is 9.59 Å². The van der Waals surface area contributed by atoms with Crippen LogP contribution in [0.2, 0.25) is 15.1 Å². The SMILES string of the molecule is O=C(c1cnc(N(C(=O)c2ccc(Cl)cc2Cl)c2ccc(Cl)cc2)s1)N1CCCC1. The zero-order valence-corrected chi connectivity index (χ0v) is 18.7. The molecule has 30 heavy (non-hydrogen) atoms. The number of likely N-dealkylation sites (tertiary alicyclic amines) is 1. The zero-order valence-electron chi connectivity index (χ0n) is 15.6. The van der Waals surface area contributed by atoms with E-state index in [-0.39, 0.29) is 22.4 Å². The molecule has 4 rings (SSSR count). The van der Waals surface area contributed by atoms with Crippen molar-refractivity contribution in [2.24, 2.45) is 0 Å². The van der Waals surface area contributed by atoms with E-state index in [1.54, 1.807) is 36.4 Å². The van der Waals surface area contributed by atoms with Gasteiger partial charge in [0, 0.05) is 23.1 Å². The summed E-state index contributed by atoms with van der Waals surface area (Å²) >= 11 is 19.4. The van der Waals surface area contributed by atoms with Gasteiger partial charge in [-0.2, -0.15) is 0 Å². The van der Waals surface area contributed by atoms with E-state index >= 15 is 0 Å². The first-order valence-electron chi connectivity index (χ1n) is 9.24. The third-order valence-electron chi connectivity index (χ3n) is 4.74. The topological polar surface area (TPSA) is 53.5 Å². The van der Waals surface area contributed by atoms with Crippen LogP contribution in [0.15, 0.2) is 48.7 Å². The standard InChI is InChI=1S/C21H16Cl3N3O2S/c22-13-3-6-15(7-4-13)27(19(28)16-8-5-14(23)11-17(16)24)21-25-12-18(30-21)20(29)26-9-1-2-10-26/h3-8,11-12H,1-2,9-10H2. The molecule has 9 heteroatoms. The quantitative estimate of drug-likeness (QED) is 0.439. The fourth-order valence-electron chi connectivity index (χ4n) is 3.23. The molecule has 1 saturated heterocycles. The summed E-state index contributed by atoms with van der Waals surface area (Å²) in [6.07, 6.45) is 3.52. The van der Waals surface area contributed by atoms with Crippen LogP contribution in [0, 0.1) is 0 Å². The Bertz CT molecular complexity index is 1100. The van der Waals surface area contributed by atoms with Crippen LogP contribution in [0.25, 0.3) is 0 Å². The number of carbonyl (C=O) groups is 2. The molecule has 1 fully saturated rings. The minimum absolute atomic E-state index is 0.0655. The van der Waals surface area contributed by atoms with Gasteiger partial charge in [-0.05, 0) is 55.3 Å². The van der Waals surface area contributed by atoms with Gasteiger partial charge in [0.1, 0.15) is 4.88 Å². The van der Waals surface area contributed by atoms with Crippen molar-refractivity contribution in [2.45, 2.75) is 12.8 Å². The molecule has 3 aromatic rings. The van der Waals surface area contributed by atoms with E-state index in [1.165, 1.54) is 28.5 Å². The third-order valence-corrected chi connectivity index (χ3v) is 6.51. The maximum Gasteiger partial charge on any atom is 0.266 e. The smallest absolute Gasteiger partial charge is 0.266 e. The van der Waals surface area contributed by atoms with E-state index in [9.17, 15) is 9.59 Å². The number of anilines is 2. The molecule has 154 valence electrons. The van der Waals surface area contributed by atoms with Crippen molar-refractivity contribution in [1.82, 2.24) is 9.88 Å². The molecule has 5 nitrogen and oxygen atoms in total. The largest absolute Gasteiger partial charge is 0.338 e. The van der Waals surface area contributed by atoms with Gasteiger partial charge >= 0.3 is 0 Å². The number of thiazole rings is 1. The van der Waals surface area contributed by atoms with Gasteiger partial charge in [-0.15, -0.1) is 0 Å². The summed E-state index contributed by atoms with van der Waals surface area (Å²) in [6.45, 7) is 1.48. The number of halogens is 3. The average molecular weight is 481 g/mol. The van der Waals surface area contributed by atoms with Crippen molar-refractivity contribution in [3.8, 4) is 0 Å². The number of carbonyl (C=O) groups excluding carboxylic acids is 2. The molecule has 1 aromatic heterocycles. The second-order valence-electron chi connectivity index (χ2n) is 6.75. The lowest BCUT2D eigenvalue weighted by atomic mass is 10.2. The average Bonchev–Trinajstić information content (AvgIpc) is 3.41. The second kappa shape index (κ2) is 8.94. The van der Waals surface area contributed by atoms with E-state index < -0.39 is 0 Å². The van der Waals surface area contributed by atoms with Crippen LogP contribution in [0.5, 0.6) is 0 Å². The zero-order chi connectivity index (χ0) is 21.3. The van der Waals surface area contributed by atoms with E-state index in [2.05, 4.69) is 4.98 Å². The van der Waals surface area contributed by atoms with Gasteiger partial charge in [-0.1, -0.05) is 46.1 Å². The third kappa shape index (κ3) is 4.32. The highest BCUT2D eigenvalue weighted by atomic mass is 35.5. The summed E-state index contributed by atoms with van der Waals surface area (Å²) in [7, 11) is 0. The first-order valence-corrected chi connectivity index (χ1v) is 11.2. The maximum atomic E-state index is 13.4. The maximum absolute atomic E-state index is 13.4. The van der Waals surface area contributed by atoms with Gasteiger partial charge in [0.05, 0.1) is 22.5 Å². The summed E-state index contributed by atoms with van der Waals surface area (Å²) in [6, 6.07) is 11.5. The molecule has 1 aliphatic rings. The van der Waals surface area contributed by atoms with Gasteiger partial charge in [0.2, 0.25) is 0 Å². The molecule has 0 saturated carbocycles. The Labute approximate surface area is 192 Å². The molecule has 0 bridgehead atoms. The molecule has 1 aliphatic heterocycles. The molecule has 0 N–H and O–H groups in total. The van der Waals surface area contributed by atoms with Crippen LogP contribution in [-0.2, 0) is 0 Å². The van der Waals surface area contributed by atoms with Crippen LogP contribution in [0.3, 0.4) is 0 Å². The Morgan fingerprint density at radius 2 is 1.63 bits per heavy atom. The summed E-state index contributed by atoms with van der Waals surface area (Å²) in [5, 5.41) is 1.58. The minimum Gasteiger partial charge on any atom is -0.338 e. The van der Waals surface area contributed by atoms with Crippen molar-refractivity contribution >= 4 is 68.8 Å². The number of aromatic nitrogens is 1. The van der Waals surface area contributed by atoms with Crippen molar-refractivity contribution in [3.05, 3.63) is 74.2 Å². The van der Waals surface area contributed by atoms with Gasteiger partial charge in [-0.3, -0.25) is 14.5 Å². The lowest BCUT2D eigenvalue weighted by Gasteiger charge is -2.21. The molecular formula is C21H16Cl3N3O2S. The number of hydrogen-bond donors (Lipinski definition) is 0. The van der Waals surface area contributed by atoms with Crippen LogP contribution in [0.1, 0.15) is 32.9 Å². The van der Waals surface area contributed by atoms with E-state index in [0.717, 1.165) is 25.9 Å². The first-order chi connectivity index (χ1) is 14.4. The Kier molecular flexibility index (Phi) is 6.29. The first kappa shape index (κ1) is 21.1. The Hall–Kier alpha value is -2.12. The van der Waals surface area contributed by atoms with E-state index in [4.69, 9.17) is 34.8 Å². The van der Waals surface area contributed by atoms with Gasteiger partial charge in [-0.25, -0.2) is 4.98 Å². The Balaban J connectivity index is 1.73. The van der Waals surface area contributed by atoms with Gasteiger partial charge in [0.15, 0.2) is 5.13 Å². The number of amides is 2. The predicted molar refractivity (Wildman–Crippen MR) is 122 cm³/mol. The summed E-state index contributed by atoms with van der Waals surface area (Å²) in [4.78, 5) is 34.3. The Morgan fingerprint density at radius 3 is 2.30 bits per heavy atom. The minimum atomic E-state index is -0.381. The summed E-state index contributed by atoms with van der Waals surface area (Å²) in [5.41, 5.74) is 0.837. The molecule has 0 radical (unpaired) electrons. The number of nitrogens with zero attached hydrogens (tertiary/aromatic N) is 3. The fraction of sp³-hybridized carbons (Fsp3) is 0.190. The van der Waals surface area contributed by atoms with Crippen LogP contribution in [-0.4, -0.2) is 34.8 Å². The molecule has 2 heterocycles. The highest BCUT2D eigenvalue weighted by Gasteiger charge is 2.27. The molecular weight excluding hydrogens is 465 g/mol. The van der Waals surface area contributed by atoms with Crippen molar-refractivity contribution in [1.29, 1.82) is 0 Å². The molecule has 0 unspecified atom stereocenters. The predicted octanol–water partition coefficient (Wildman–Crippen LogP) is 6.32. The van der Waals surface area contributed by atoms with Crippen molar-refractivity contribution in [2.75, 3.05) is 18.0 Å². The fourth-order valence-corrected chi connectivity index (χ4v) is 4.75. The number of rotatable bonds is 4. The van der Waals surface area contributed by atoms with Gasteiger partial charge in [0.25, 0.3) is 11.8 Å². The van der Waals surface area contributed by atoms with Crippen LogP contribution in [0.4, 0.5) is 10.8 Å². The van der Waals surface area contributed by atoms with E-state index in [0.29, 0.717) is 25.7 Å². The lowest BCUT2D eigenvalue weighted by molar-refractivity contribution is 0.0797. The molecule has 0 atom stereocenters. The second-order valence-corrected chi connectivity index (χ2v) is 9.04. The number of hydrogen-bond acceptors (Lipinski definition) is 4. The lowest BCUT2D eigenvalue weighted by Crippen LogP contribution is -2.27. The highest BCUT2D eigenvalue weighted by Crippen LogP contribution is 2.34. The van der Waals surface area contributed by atoms with Crippen LogP contribution < -0.4 is 4.90 Å².